The molecule has 1 amide bonds. The Hall–Kier alpha value is -1.30. The van der Waals surface area contributed by atoms with Gasteiger partial charge in [0.2, 0.25) is 5.91 Å². The maximum absolute atomic E-state index is 12.2. The van der Waals surface area contributed by atoms with Crippen LogP contribution in [-0.2, 0) is 4.79 Å². The van der Waals surface area contributed by atoms with Gasteiger partial charge in [-0.15, -0.1) is 0 Å². The van der Waals surface area contributed by atoms with Gasteiger partial charge in [0.15, 0.2) is 5.96 Å². The Labute approximate surface area is 139 Å². The number of nitrogens with zero attached hydrogens (tertiary/aromatic N) is 1. The third-order valence-corrected chi connectivity index (χ3v) is 4.91. The van der Waals surface area contributed by atoms with Gasteiger partial charge >= 0.3 is 0 Å². The molecule has 0 aromatic rings. The summed E-state index contributed by atoms with van der Waals surface area (Å²) in [6.07, 6.45) is 6.71. The first-order valence-electron chi connectivity index (χ1n) is 8.92. The van der Waals surface area contributed by atoms with Crippen LogP contribution in [0.4, 0.5) is 0 Å². The molecule has 2 fully saturated rings. The zero-order valence-electron chi connectivity index (χ0n) is 14.7. The highest BCUT2D eigenvalue weighted by Gasteiger charge is 2.34. The Balaban J connectivity index is 1.79. The van der Waals surface area contributed by atoms with Crippen molar-refractivity contribution in [2.45, 2.75) is 76.5 Å². The summed E-state index contributed by atoms with van der Waals surface area (Å²) in [5, 5.41) is 19.8. The second kappa shape index (κ2) is 7.99. The molecule has 0 bridgehead atoms. The molecule has 0 heterocycles. The molecule has 4 N–H and O–H groups in total. The van der Waals surface area contributed by atoms with Crippen molar-refractivity contribution in [2.75, 3.05) is 13.6 Å². The van der Waals surface area contributed by atoms with Crippen molar-refractivity contribution in [1.29, 1.82) is 0 Å². The van der Waals surface area contributed by atoms with Gasteiger partial charge in [-0.3, -0.25) is 9.79 Å². The maximum Gasteiger partial charge on any atom is 0.223 e. The molecule has 2 aliphatic carbocycles. The van der Waals surface area contributed by atoms with Crippen molar-refractivity contribution in [2.24, 2.45) is 10.9 Å². The fourth-order valence-corrected chi connectivity index (χ4v) is 3.36. The summed E-state index contributed by atoms with van der Waals surface area (Å²) in [5.41, 5.74) is -0.566. The smallest absolute Gasteiger partial charge is 0.223 e. The van der Waals surface area contributed by atoms with Crippen LogP contribution < -0.4 is 16.0 Å². The Kier molecular flexibility index (Phi) is 6.27. The van der Waals surface area contributed by atoms with Crippen molar-refractivity contribution in [3.05, 3.63) is 0 Å². The topological polar surface area (TPSA) is 85.8 Å². The molecule has 0 radical (unpaired) electrons. The third-order valence-electron chi connectivity index (χ3n) is 4.91. The zero-order chi connectivity index (χ0) is 16.9. The van der Waals surface area contributed by atoms with Gasteiger partial charge in [-0.1, -0.05) is 6.42 Å². The van der Waals surface area contributed by atoms with E-state index in [2.05, 4.69) is 20.9 Å². The fourth-order valence-electron chi connectivity index (χ4n) is 3.36. The molecule has 2 atom stereocenters. The van der Waals surface area contributed by atoms with Crippen LogP contribution in [0.15, 0.2) is 4.99 Å². The minimum Gasteiger partial charge on any atom is -0.388 e. The van der Waals surface area contributed by atoms with E-state index in [0.717, 1.165) is 50.9 Å². The monoisotopic (exact) mass is 324 g/mol. The Morgan fingerprint density at radius 2 is 2.04 bits per heavy atom. The van der Waals surface area contributed by atoms with Gasteiger partial charge in [0.05, 0.1) is 5.60 Å². The van der Waals surface area contributed by atoms with E-state index in [1.54, 1.807) is 7.05 Å². The first-order chi connectivity index (χ1) is 10.9. The summed E-state index contributed by atoms with van der Waals surface area (Å²) in [6.45, 7) is 4.53. The van der Waals surface area contributed by atoms with Crippen LogP contribution >= 0.6 is 0 Å². The van der Waals surface area contributed by atoms with E-state index < -0.39 is 5.60 Å². The Bertz CT molecular complexity index is 432. The molecule has 0 aromatic carbocycles. The quantitative estimate of drug-likeness (QED) is 0.451. The number of aliphatic imine (C=N–C) groups is 1. The highest BCUT2D eigenvalue weighted by molar-refractivity contribution is 5.81. The van der Waals surface area contributed by atoms with Gasteiger partial charge < -0.3 is 21.1 Å². The van der Waals surface area contributed by atoms with Gasteiger partial charge in [-0.25, -0.2) is 0 Å². The summed E-state index contributed by atoms with van der Waals surface area (Å²) in [4.78, 5) is 16.4. The van der Waals surface area contributed by atoms with Crippen molar-refractivity contribution < 1.29 is 9.90 Å². The molecule has 23 heavy (non-hydrogen) atoms. The first-order valence-corrected chi connectivity index (χ1v) is 8.92. The molecule has 2 rings (SSSR count). The number of rotatable bonds is 5. The summed E-state index contributed by atoms with van der Waals surface area (Å²) in [6, 6.07) is 0.447. The SMILES string of the molecule is CN=C(NCC1(O)CCC1)NC1CCCC(C(=O)NC(C)C)C1. The van der Waals surface area contributed by atoms with Crippen LogP contribution in [0.3, 0.4) is 0 Å². The lowest BCUT2D eigenvalue weighted by molar-refractivity contribution is -0.126. The van der Waals surface area contributed by atoms with E-state index in [1.807, 2.05) is 13.8 Å². The zero-order valence-corrected chi connectivity index (χ0v) is 14.7. The fraction of sp³-hybridized carbons (Fsp3) is 0.882. The molecule has 132 valence electrons. The van der Waals surface area contributed by atoms with Crippen LogP contribution in [0, 0.1) is 5.92 Å². The highest BCUT2D eigenvalue weighted by atomic mass is 16.3. The Morgan fingerprint density at radius 1 is 1.30 bits per heavy atom. The van der Waals surface area contributed by atoms with E-state index in [9.17, 15) is 9.90 Å². The molecule has 6 heteroatoms. The van der Waals surface area contributed by atoms with Crippen LogP contribution in [0.1, 0.15) is 58.8 Å². The van der Waals surface area contributed by atoms with Gasteiger partial charge in [0, 0.05) is 31.6 Å². The van der Waals surface area contributed by atoms with Crippen LogP contribution in [0.2, 0.25) is 0 Å². The lowest BCUT2D eigenvalue weighted by atomic mass is 9.80. The number of hydrogen-bond acceptors (Lipinski definition) is 3. The van der Waals surface area contributed by atoms with Crippen molar-refractivity contribution in [3.8, 4) is 0 Å². The molecule has 2 aliphatic rings. The number of carbonyl (C=O) groups excluding carboxylic acids is 1. The molecule has 0 aromatic heterocycles. The number of aliphatic hydroxyl groups is 1. The lowest BCUT2D eigenvalue weighted by Crippen LogP contribution is -2.53. The Morgan fingerprint density at radius 3 is 2.61 bits per heavy atom. The molecular formula is C17H32N4O2. The normalized spacial score (nSPS) is 27.3. The minimum atomic E-state index is -0.566. The summed E-state index contributed by atoms with van der Waals surface area (Å²) >= 11 is 0. The second-order valence-electron chi connectivity index (χ2n) is 7.37. The van der Waals surface area contributed by atoms with Gasteiger partial charge in [0.1, 0.15) is 0 Å². The molecule has 2 unspecified atom stereocenters. The molecule has 6 nitrogen and oxygen atoms in total. The van der Waals surface area contributed by atoms with E-state index in [1.165, 1.54) is 0 Å². The predicted octanol–water partition coefficient (Wildman–Crippen LogP) is 1.15. The minimum absolute atomic E-state index is 0.0811. The maximum atomic E-state index is 12.2. The lowest BCUT2D eigenvalue weighted by Gasteiger charge is -2.37. The summed E-state index contributed by atoms with van der Waals surface area (Å²) in [5.74, 6) is 0.969. The van der Waals surface area contributed by atoms with E-state index in [-0.39, 0.29) is 23.9 Å². The van der Waals surface area contributed by atoms with Crippen LogP contribution in [-0.4, -0.2) is 48.3 Å². The number of amides is 1. The number of nitrogens with one attached hydrogen (secondary N) is 3. The third kappa shape index (κ3) is 5.37. The second-order valence-corrected chi connectivity index (χ2v) is 7.37. The highest BCUT2D eigenvalue weighted by Crippen LogP contribution is 2.30. The van der Waals surface area contributed by atoms with Crippen LogP contribution in [0.25, 0.3) is 0 Å². The van der Waals surface area contributed by atoms with Crippen LogP contribution in [0.5, 0.6) is 0 Å². The number of guanidine groups is 1. The average Bonchev–Trinajstić information content (AvgIpc) is 2.49. The van der Waals surface area contributed by atoms with Gasteiger partial charge in [0.25, 0.3) is 0 Å². The van der Waals surface area contributed by atoms with Gasteiger partial charge in [-0.05, 0) is 52.4 Å². The average molecular weight is 324 g/mol. The van der Waals surface area contributed by atoms with Crippen molar-refractivity contribution in [1.82, 2.24) is 16.0 Å². The van der Waals surface area contributed by atoms with E-state index >= 15 is 0 Å². The van der Waals surface area contributed by atoms with Gasteiger partial charge in [-0.2, -0.15) is 0 Å². The summed E-state index contributed by atoms with van der Waals surface area (Å²) in [7, 11) is 1.74. The standard InChI is InChI=1S/C17H32N4O2/c1-12(2)20-15(22)13-6-4-7-14(10-13)21-16(18-3)19-11-17(23)8-5-9-17/h12-14,23H,4-11H2,1-3H3,(H,20,22)(H2,18,19,21). The molecule has 2 saturated carbocycles. The number of hydrogen-bond donors (Lipinski definition) is 4. The van der Waals surface area contributed by atoms with E-state index in [4.69, 9.17) is 0 Å². The summed E-state index contributed by atoms with van der Waals surface area (Å²) < 4.78 is 0. The molecule has 0 aliphatic heterocycles. The van der Waals surface area contributed by atoms with E-state index in [0.29, 0.717) is 6.54 Å². The predicted molar refractivity (Wildman–Crippen MR) is 92.3 cm³/mol. The number of carbonyl (C=O) groups is 1. The molecular weight excluding hydrogens is 292 g/mol. The molecule has 0 saturated heterocycles. The van der Waals surface area contributed by atoms with Crippen molar-refractivity contribution >= 4 is 11.9 Å². The van der Waals surface area contributed by atoms with Crippen molar-refractivity contribution in [3.63, 3.8) is 0 Å². The largest absolute Gasteiger partial charge is 0.388 e. The molecule has 0 spiro atoms. The first kappa shape index (κ1) is 18.0.